The molecule has 13 heavy (non-hydrogen) atoms. The van der Waals surface area contributed by atoms with Gasteiger partial charge in [0.15, 0.2) is 0 Å². The van der Waals surface area contributed by atoms with Gasteiger partial charge in [-0.1, -0.05) is 0 Å². The predicted octanol–water partition coefficient (Wildman–Crippen LogP) is 0.00460. The van der Waals surface area contributed by atoms with Crippen LogP contribution in [0.25, 0.3) is 0 Å². The third-order valence-electron chi connectivity index (χ3n) is 2.62. The highest BCUT2D eigenvalue weighted by Gasteiger charge is 2.27. The van der Waals surface area contributed by atoms with Crippen molar-refractivity contribution in [1.82, 2.24) is 4.90 Å². The number of piperidine rings is 1. The Morgan fingerprint density at radius 3 is 2.85 bits per heavy atom. The number of methoxy groups -OCH3 is 1. The van der Waals surface area contributed by atoms with E-state index in [4.69, 9.17) is 9.84 Å². The molecule has 4 nitrogen and oxygen atoms in total. The maximum atomic E-state index is 11.2. The molecule has 1 aliphatic heterocycles. The molecular weight excluding hydrogens is 170 g/mol. The first kappa shape index (κ1) is 10.5. The van der Waals surface area contributed by atoms with Crippen molar-refractivity contribution in [3.8, 4) is 0 Å². The van der Waals surface area contributed by atoms with E-state index in [1.165, 1.54) is 0 Å². The Bertz CT molecular complexity index is 184. The molecule has 0 aromatic rings. The van der Waals surface area contributed by atoms with Gasteiger partial charge >= 0.3 is 0 Å². The van der Waals surface area contributed by atoms with Crippen LogP contribution in [0.15, 0.2) is 0 Å². The van der Waals surface area contributed by atoms with Gasteiger partial charge in [-0.2, -0.15) is 0 Å². The van der Waals surface area contributed by atoms with Crippen molar-refractivity contribution in [2.24, 2.45) is 0 Å². The monoisotopic (exact) mass is 187 g/mol. The van der Waals surface area contributed by atoms with Crippen LogP contribution in [0.3, 0.4) is 0 Å². The maximum absolute atomic E-state index is 11.2. The summed E-state index contributed by atoms with van der Waals surface area (Å²) in [5.74, 6) is -0.179. The molecule has 1 aliphatic rings. The number of ether oxygens (including phenoxy) is 1. The molecule has 2 unspecified atom stereocenters. The van der Waals surface area contributed by atoms with Gasteiger partial charge in [-0.15, -0.1) is 0 Å². The van der Waals surface area contributed by atoms with Crippen LogP contribution >= 0.6 is 0 Å². The zero-order chi connectivity index (χ0) is 9.84. The van der Waals surface area contributed by atoms with E-state index in [9.17, 15) is 4.79 Å². The second-order valence-corrected chi connectivity index (χ2v) is 3.48. The van der Waals surface area contributed by atoms with Gasteiger partial charge in [0.2, 0.25) is 5.91 Å². The van der Waals surface area contributed by atoms with Gasteiger partial charge in [0.25, 0.3) is 0 Å². The molecule has 0 saturated carbocycles. The summed E-state index contributed by atoms with van der Waals surface area (Å²) in [6.45, 7) is 2.29. The SMILES string of the molecule is COC1CCN(C(=O)CO)C(C)C1. The number of rotatable bonds is 2. The normalized spacial score (nSPS) is 29.0. The number of carbonyl (C=O) groups excluding carboxylic acids is 1. The minimum Gasteiger partial charge on any atom is -0.387 e. The number of amides is 1. The van der Waals surface area contributed by atoms with Crippen molar-refractivity contribution in [1.29, 1.82) is 0 Å². The summed E-state index contributed by atoms with van der Waals surface area (Å²) in [6.07, 6.45) is 1.99. The molecule has 1 heterocycles. The molecule has 0 aromatic heterocycles. The number of hydrogen-bond acceptors (Lipinski definition) is 3. The van der Waals surface area contributed by atoms with E-state index in [2.05, 4.69) is 0 Å². The molecule has 0 aromatic carbocycles. The van der Waals surface area contributed by atoms with Crippen molar-refractivity contribution < 1.29 is 14.6 Å². The van der Waals surface area contributed by atoms with Gasteiger partial charge in [-0.25, -0.2) is 0 Å². The molecule has 1 saturated heterocycles. The highest BCUT2D eigenvalue weighted by Crippen LogP contribution is 2.18. The van der Waals surface area contributed by atoms with E-state index in [-0.39, 0.29) is 24.7 Å². The molecule has 2 atom stereocenters. The van der Waals surface area contributed by atoms with Crippen molar-refractivity contribution in [2.75, 3.05) is 20.3 Å². The Morgan fingerprint density at radius 2 is 2.38 bits per heavy atom. The number of hydrogen-bond donors (Lipinski definition) is 1. The second kappa shape index (κ2) is 4.58. The van der Waals surface area contributed by atoms with Crippen molar-refractivity contribution in [2.45, 2.75) is 31.9 Å². The third-order valence-corrected chi connectivity index (χ3v) is 2.62. The van der Waals surface area contributed by atoms with Gasteiger partial charge in [0, 0.05) is 19.7 Å². The van der Waals surface area contributed by atoms with Crippen LogP contribution in [0.4, 0.5) is 0 Å². The Labute approximate surface area is 78.5 Å². The molecule has 76 valence electrons. The van der Waals surface area contributed by atoms with E-state index in [0.717, 1.165) is 12.8 Å². The second-order valence-electron chi connectivity index (χ2n) is 3.48. The molecular formula is C9H17NO3. The van der Waals surface area contributed by atoms with Crippen LogP contribution in [0.5, 0.6) is 0 Å². The lowest BCUT2D eigenvalue weighted by atomic mass is 10.0. The van der Waals surface area contributed by atoms with Crippen molar-refractivity contribution >= 4 is 5.91 Å². The van der Waals surface area contributed by atoms with Crippen molar-refractivity contribution in [3.05, 3.63) is 0 Å². The highest BCUT2D eigenvalue weighted by atomic mass is 16.5. The topological polar surface area (TPSA) is 49.8 Å². The van der Waals surface area contributed by atoms with E-state index in [0.29, 0.717) is 6.54 Å². The lowest BCUT2D eigenvalue weighted by molar-refractivity contribution is -0.139. The summed E-state index contributed by atoms with van der Waals surface area (Å²) in [6, 6.07) is 0.179. The van der Waals surface area contributed by atoms with Crippen LogP contribution in [-0.4, -0.2) is 48.3 Å². The van der Waals surface area contributed by atoms with Gasteiger partial charge in [0.1, 0.15) is 6.61 Å². The van der Waals surface area contributed by atoms with Crippen LogP contribution in [0.1, 0.15) is 19.8 Å². The zero-order valence-corrected chi connectivity index (χ0v) is 8.19. The Balaban J connectivity index is 2.48. The first-order valence-corrected chi connectivity index (χ1v) is 4.62. The van der Waals surface area contributed by atoms with E-state index in [1.54, 1.807) is 12.0 Å². The fourth-order valence-electron chi connectivity index (χ4n) is 1.80. The number of aliphatic hydroxyl groups is 1. The summed E-state index contributed by atoms with van der Waals surface area (Å²) in [4.78, 5) is 12.9. The van der Waals surface area contributed by atoms with Crippen LogP contribution in [0.2, 0.25) is 0 Å². The van der Waals surface area contributed by atoms with Crippen molar-refractivity contribution in [3.63, 3.8) is 0 Å². The predicted molar refractivity (Wildman–Crippen MR) is 48.3 cm³/mol. The standard InChI is InChI=1S/C9H17NO3/c1-7-5-8(13-2)3-4-10(7)9(12)6-11/h7-8,11H,3-6H2,1-2H3. The lowest BCUT2D eigenvalue weighted by Gasteiger charge is -2.36. The minimum atomic E-state index is -0.387. The number of carbonyl (C=O) groups is 1. The lowest BCUT2D eigenvalue weighted by Crippen LogP contribution is -2.47. The smallest absolute Gasteiger partial charge is 0.248 e. The van der Waals surface area contributed by atoms with Gasteiger partial charge in [-0.3, -0.25) is 4.79 Å². The molecule has 0 bridgehead atoms. The zero-order valence-electron chi connectivity index (χ0n) is 8.19. The largest absolute Gasteiger partial charge is 0.387 e. The average molecular weight is 187 g/mol. The molecule has 1 rings (SSSR count). The summed E-state index contributed by atoms with van der Waals surface area (Å²) in [7, 11) is 1.70. The molecule has 4 heteroatoms. The van der Waals surface area contributed by atoms with E-state index < -0.39 is 0 Å². The van der Waals surface area contributed by atoms with Crippen LogP contribution in [0, 0.1) is 0 Å². The molecule has 1 fully saturated rings. The average Bonchev–Trinajstić information content (AvgIpc) is 2.16. The Hall–Kier alpha value is -0.610. The van der Waals surface area contributed by atoms with Crippen LogP contribution < -0.4 is 0 Å². The van der Waals surface area contributed by atoms with Gasteiger partial charge < -0.3 is 14.7 Å². The maximum Gasteiger partial charge on any atom is 0.248 e. The molecule has 0 radical (unpaired) electrons. The number of likely N-dealkylation sites (tertiary alicyclic amines) is 1. The van der Waals surface area contributed by atoms with Gasteiger partial charge in [0.05, 0.1) is 6.10 Å². The number of nitrogens with zero attached hydrogens (tertiary/aromatic N) is 1. The third kappa shape index (κ3) is 2.42. The highest BCUT2D eigenvalue weighted by molar-refractivity contribution is 5.77. The van der Waals surface area contributed by atoms with E-state index >= 15 is 0 Å². The molecule has 1 amide bonds. The van der Waals surface area contributed by atoms with Crippen LogP contribution in [-0.2, 0) is 9.53 Å². The van der Waals surface area contributed by atoms with Gasteiger partial charge in [-0.05, 0) is 19.8 Å². The summed E-state index contributed by atoms with van der Waals surface area (Å²) in [5, 5.41) is 8.71. The Kier molecular flexibility index (Phi) is 3.69. The fraction of sp³-hybridized carbons (Fsp3) is 0.889. The van der Waals surface area contributed by atoms with E-state index in [1.807, 2.05) is 6.92 Å². The quantitative estimate of drug-likeness (QED) is 0.662. The molecule has 0 aliphatic carbocycles. The molecule has 1 N–H and O–H groups in total. The summed E-state index contributed by atoms with van der Waals surface area (Å²) in [5.41, 5.74) is 0. The fourth-order valence-corrected chi connectivity index (χ4v) is 1.80. The Morgan fingerprint density at radius 1 is 1.69 bits per heavy atom. The first-order valence-electron chi connectivity index (χ1n) is 4.62. The first-order chi connectivity index (χ1) is 6.19. The number of aliphatic hydroxyl groups excluding tert-OH is 1. The summed E-state index contributed by atoms with van der Waals surface area (Å²) >= 11 is 0. The summed E-state index contributed by atoms with van der Waals surface area (Å²) < 4.78 is 5.22. The minimum absolute atomic E-state index is 0.179. The molecule has 0 spiro atoms.